The molecule has 0 fully saturated rings. The summed E-state index contributed by atoms with van der Waals surface area (Å²) in [7, 11) is 0. The van der Waals surface area contributed by atoms with E-state index in [2.05, 4.69) is 30.1 Å². The average molecular weight is 264 g/mol. The molecule has 2 heterocycles. The first-order chi connectivity index (χ1) is 8.68. The van der Waals surface area contributed by atoms with Crippen molar-refractivity contribution in [2.75, 3.05) is 6.61 Å². The fourth-order valence-corrected chi connectivity index (χ4v) is 2.57. The molecule has 0 saturated heterocycles. The Morgan fingerprint density at radius 1 is 1.33 bits per heavy atom. The molecule has 18 heavy (non-hydrogen) atoms. The van der Waals surface area contributed by atoms with Crippen molar-refractivity contribution >= 4 is 11.6 Å². The van der Waals surface area contributed by atoms with Crippen LogP contribution in [0, 0.1) is 0 Å². The smallest absolute Gasteiger partial charge is 0.225 e. The number of fused-ring (bicyclic) bond motifs is 1. The quantitative estimate of drug-likeness (QED) is 0.836. The van der Waals surface area contributed by atoms with E-state index in [1.807, 2.05) is 22.8 Å². The molecule has 1 atom stereocenters. The van der Waals surface area contributed by atoms with Gasteiger partial charge in [-0.05, 0) is 17.7 Å². The molecule has 0 radical (unpaired) electrons. The minimum Gasteiger partial charge on any atom is -0.491 e. The zero-order valence-electron chi connectivity index (χ0n) is 10.3. The number of para-hydroxylation sites is 1. The molecule has 1 unspecified atom stereocenters. The lowest BCUT2D eigenvalue weighted by molar-refractivity contribution is 0.313. The summed E-state index contributed by atoms with van der Waals surface area (Å²) >= 11 is 6.17. The van der Waals surface area contributed by atoms with Crippen LogP contribution in [-0.2, 0) is 0 Å². The highest BCUT2D eigenvalue weighted by Gasteiger charge is 2.29. The lowest BCUT2D eigenvalue weighted by atomic mass is 10.1. The first kappa shape index (κ1) is 11.5. The molecule has 0 saturated carbocycles. The van der Waals surface area contributed by atoms with Crippen LogP contribution in [0.4, 0.5) is 0 Å². The number of halogens is 1. The average Bonchev–Trinajstić information content (AvgIpc) is 2.92. The van der Waals surface area contributed by atoms with Crippen molar-refractivity contribution in [2.45, 2.75) is 25.8 Å². The van der Waals surface area contributed by atoms with Gasteiger partial charge in [-0.25, -0.2) is 0 Å². The Bertz CT molecular complexity index is 579. The molecule has 3 rings (SSSR count). The van der Waals surface area contributed by atoms with Gasteiger partial charge in [-0.15, -0.1) is 10.2 Å². The van der Waals surface area contributed by atoms with Gasteiger partial charge in [0.05, 0.1) is 0 Å². The summed E-state index contributed by atoms with van der Waals surface area (Å²) < 4.78 is 7.66. The Kier molecular flexibility index (Phi) is 2.74. The van der Waals surface area contributed by atoms with Gasteiger partial charge in [0, 0.05) is 11.5 Å². The predicted molar refractivity (Wildman–Crippen MR) is 69.2 cm³/mol. The van der Waals surface area contributed by atoms with Gasteiger partial charge >= 0.3 is 0 Å². The zero-order chi connectivity index (χ0) is 12.7. The van der Waals surface area contributed by atoms with Gasteiger partial charge in [-0.1, -0.05) is 32.0 Å². The number of hydrogen-bond donors (Lipinski definition) is 0. The third-order valence-electron chi connectivity index (χ3n) is 3.18. The number of benzene rings is 1. The van der Waals surface area contributed by atoms with E-state index in [4.69, 9.17) is 16.3 Å². The molecule has 1 aliphatic heterocycles. The topological polar surface area (TPSA) is 39.9 Å². The van der Waals surface area contributed by atoms with Crippen LogP contribution in [0.15, 0.2) is 24.3 Å². The molecule has 0 N–H and O–H groups in total. The summed E-state index contributed by atoms with van der Waals surface area (Å²) in [6.45, 7) is 4.74. The summed E-state index contributed by atoms with van der Waals surface area (Å²) in [6, 6.07) is 8.09. The standard InChI is InChI=1S/C13H14ClN3O/c1-8(2)12-15-16-13(14)17(12)10-7-18-11-6-4-3-5-9(10)11/h3-6,8,10H,7H2,1-2H3. The third-order valence-corrected chi connectivity index (χ3v) is 3.44. The third kappa shape index (κ3) is 1.68. The highest BCUT2D eigenvalue weighted by molar-refractivity contribution is 6.28. The second-order valence-electron chi connectivity index (χ2n) is 4.72. The molecular weight excluding hydrogens is 250 g/mol. The summed E-state index contributed by atoms with van der Waals surface area (Å²) in [5.74, 6) is 2.09. The van der Waals surface area contributed by atoms with Crippen molar-refractivity contribution in [3.05, 3.63) is 40.9 Å². The molecule has 5 heteroatoms. The molecule has 2 aromatic rings. The van der Waals surface area contributed by atoms with Gasteiger partial charge in [0.2, 0.25) is 5.28 Å². The van der Waals surface area contributed by atoms with Crippen LogP contribution < -0.4 is 4.74 Å². The van der Waals surface area contributed by atoms with Crippen molar-refractivity contribution < 1.29 is 4.74 Å². The van der Waals surface area contributed by atoms with Crippen LogP contribution in [0.25, 0.3) is 0 Å². The van der Waals surface area contributed by atoms with Crippen molar-refractivity contribution in [3.8, 4) is 5.75 Å². The normalized spacial score (nSPS) is 17.9. The minimum atomic E-state index is 0.0705. The largest absolute Gasteiger partial charge is 0.491 e. The fraction of sp³-hybridized carbons (Fsp3) is 0.385. The Hall–Kier alpha value is -1.55. The zero-order valence-corrected chi connectivity index (χ0v) is 11.1. The van der Waals surface area contributed by atoms with Crippen molar-refractivity contribution in [2.24, 2.45) is 0 Å². The number of nitrogens with zero attached hydrogens (tertiary/aromatic N) is 3. The second kappa shape index (κ2) is 4.28. The van der Waals surface area contributed by atoms with Gasteiger partial charge in [0.1, 0.15) is 24.2 Å². The van der Waals surface area contributed by atoms with Crippen LogP contribution in [0.5, 0.6) is 5.75 Å². The molecule has 94 valence electrons. The van der Waals surface area contributed by atoms with E-state index >= 15 is 0 Å². The van der Waals surface area contributed by atoms with Crippen LogP contribution in [0.1, 0.15) is 37.2 Å². The molecule has 4 nitrogen and oxygen atoms in total. The number of rotatable bonds is 2. The Balaban J connectivity index is 2.10. The van der Waals surface area contributed by atoms with Gasteiger partial charge in [0.15, 0.2) is 0 Å². The Morgan fingerprint density at radius 3 is 2.89 bits per heavy atom. The molecule has 0 bridgehead atoms. The first-order valence-corrected chi connectivity index (χ1v) is 6.38. The summed E-state index contributed by atoms with van der Waals surface area (Å²) in [6.07, 6.45) is 0. The maximum atomic E-state index is 6.17. The van der Waals surface area contributed by atoms with Gasteiger partial charge in [-0.2, -0.15) is 0 Å². The van der Waals surface area contributed by atoms with E-state index in [1.54, 1.807) is 0 Å². The van der Waals surface area contributed by atoms with Gasteiger partial charge < -0.3 is 4.74 Å². The van der Waals surface area contributed by atoms with Gasteiger partial charge in [0.25, 0.3) is 0 Å². The number of aromatic nitrogens is 3. The molecule has 0 spiro atoms. The number of hydrogen-bond acceptors (Lipinski definition) is 3. The molecule has 1 aromatic carbocycles. The van der Waals surface area contributed by atoms with Crippen LogP contribution in [0.3, 0.4) is 0 Å². The Labute approximate surface area is 111 Å². The predicted octanol–water partition coefficient (Wildman–Crippen LogP) is 3.04. The highest BCUT2D eigenvalue weighted by Crippen LogP contribution is 2.37. The van der Waals surface area contributed by atoms with E-state index in [0.29, 0.717) is 11.9 Å². The van der Waals surface area contributed by atoms with Gasteiger partial charge in [-0.3, -0.25) is 4.57 Å². The summed E-state index contributed by atoms with van der Waals surface area (Å²) in [4.78, 5) is 0. The molecule has 1 aliphatic rings. The first-order valence-electron chi connectivity index (χ1n) is 6.00. The maximum Gasteiger partial charge on any atom is 0.225 e. The maximum absolute atomic E-state index is 6.17. The molecule has 0 amide bonds. The minimum absolute atomic E-state index is 0.0705. The van der Waals surface area contributed by atoms with E-state index < -0.39 is 0 Å². The van der Waals surface area contributed by atoms with E-state index in [0.717, 1.165) is 17.1 Å². The molecule has 1 aromatic heterocycles. The summed E-state index contributed by atoms with van der Waals surface area (Å²) in [5, 5.41) is 8.56. The molecule has 0 aliphatic carbocycles. The van der Waals surface area contributed by atoms with E-state index in [1.165, 1.54) is 0 Å². The lowest BCUT2D eigenvalue weighted by Crippen LogP contribution is -2.16. The van der Waals surface area contributed by atoms with Crippen LogP contribution in [0.2, 0.25) is 5.28 Å². The van der Waals surface area contributed by atoms with Crippen molar-refractivity contribution in [1.29, 1.82) is 0 Å². The molecular formula is C13H14ClN3O. The highest BCUT2D eigenvalue weighted by atomic mass is 35.5. The second-order valence-corrected chi connectivity index (χ2v) is 5.05. The number of ether oxygens (including phenoxy) is 1. The van der Waals surface area contributed by atoms with E-state index in [-0.39, 0.29) is 12.0 Å². The SMILES string of the molecule is CC(C)c1nnc(Cl)n1C1COc2ccccc21. The van der Waals surface area contributed by atoms with E-state index in [9.17, 15) is 0 Å². The van der Waals surface area contributed by atoms with Crippen LogP contribution >= 0.6 is 11.6 Å². The van der Waals surface area contributed by atoms with Crippen molar-refractivity contribution in [1.82, 2.24) is 14.8 Å². The Morgan fingerprint density at radius 2 is 2.11 bits per heavy atom. The lowest BCUT2D eigenvalue weighted by Gasteiger charge is -2.16. The monoisotopic (exact) mass is 263 g/mol. The van der Waals surface area contributed by atoms with Crippen LogP contribution in [-0.4, -0.2) is 21.4 Å². The van der Waals surface area contributed by atoms with Crippen molar-refractivity contribution in [3.63, 3.8) is 0 Å². The fourth-order valence-electron chi connectivity index (χ4n) is 2.32. The summed E-state index contributed by atoms with van der Waals surface area (Å²) in [5.41, 5.74) is 1.14.